The molecule has 1 amide bonds. The summed E-state index contributed by atoms with van der Waals surface area (Å²) in [5, 5.41) is 10.9. The lowest BCUT2D eigenvalue weighted by Crippen LogP contribution is -2.35. The number of hydrogen-bond acceptors (Lipinski definition) is 4. The van der Waals surface area contributed by atoms with Crippen molar-refractivity contribution >= 4 is 22.5 Å². The fourth-order valence-electron chi connectivity index (χ4n) is 3.56. The number of hydrogen-bond donors (Lipinski definition) is 1. The van der Waals surface area contributed by atoms with E-state index in [4.69, 9.17) is 4.74 Å². The Hall–Kier alpha value is -3.35. The zero-order valence-electron chi connectivity index (χ0n) is 14.8. The molecule has 3 aromatic rings. The Labute approximate surface area is 154 Å². The zero-order valence-corrected chi connectivity index (χ0v) is 14.8. The lowest BCUT2D eigenvalue weighted by Gasteiger charge is -2.19. The molecule has 7 heteroatoms. The number of amides is 1. The van der Waals surface area contributed by atoms with E-state index in [1.807, 2.05) is 18.2 Å². The summed E-state index contributed by atoms with van der Waals surface area (Å²) in [6, 6.07) is 9.83. The van der Waals surface area contributed by atoms with Crippen molar-refractivity contribution in [1.82, 2.24) is 4.57 Å². The second kappa shape index (κ2) is 6.12. The van der Waals surface area contributed by atoms with Gasteiger partial charge >= 0.3 is 0 Å². The fourth-order valence-corrected chi connectivity index (χ4v) is 3.56. The maximum Gasteiger partial charge on any atom is 0.267 e. The van der Waals surface area contributed by atoms with E-state index in [9.17, 15) is 19.1 Å². The van der Waals surface area contributed by atoms with Crippen molar-refractivity contribution in [3.05, 3.63) is 63.7 Å². The van der Waals surface area contributed by atoms with Gasteiger partial charge in [-0.2, -0.15) is 0 Å². The van der Waals surface area contributed by atoms with Crippen molar-refractivity contribution in [1.29, 1.82) is 0 Å². The smallest absolute Gasteiger partial charge is 0.267 e. The number of pyridine rings is 1. The van der Waals surface area contributed by atoms with Gasteiger partial charge in [-0.05, 0) is 24.1 Å². The fraction of sp³-hybridized carbons (Fsp3) is 0.200. The van der Waals surface area contributed by atoms with Crippen LogP contribution in [0.25, 0.3) is 10.9 Å². The molecular weight excluding hydrogens is 351 g/mol. The summed E-state index contributed by atoms with van der Waals surface area (Å²) in [6.45, 7) is 0.422. The summed E-state index contributed by atoms with van der Waals surface area (Å²) >= 11 is 0. The molecule has 0 unspecified atom stereocenters. The Morgan fingerprint density at radius 2 is 2.00 bits per heavy atom. The molecule has 4 rings (SSSR count). The number of carbonyl (C=O) groups excluding carboxylic acids is 1. The number of halogens is 1. The van der Waals surface area contributed by atoms with Gasteiger partial charge in [0.25, 0.3) is 11.5 Å². The third-order valence-electron chi connectivity index (χ3n) is 4.99. The minimum atomic E-state index is -0.682. The zero-order chi connectivity index (χ0) is 19.3. The average molecular weight is 368 g/mol. The van der Waals surface area contributed by atoms with Crippen LogP contribution in [0.4, 0.5) is 10.1 Å². The Bertz CT molecular complexity index is 1150. The SMILES string of the molecule is COc1cc2c(O)c(C(=O)N3CCc4ccccc43)c(=O)n(C)c2cc1F. The van der Waals surface area contributed by atoms with Crippen molar-refractivity contribution in [2.24, 2.45) is 7.05 Å². The highest BCUT2D eigenvalue weighted by Gasteiger charge is 2.30. The number of rotatable bonds is 2. The minimum Gasteiger partial charge on any atom is -0.506 e. The Kier molecular flexibility index (Phi) is 3.87. The van der Waals surface area contributed by atoms with Crippen LogP contribution < -0.4 is 15.2 Å². The molecule has 0 bridgehead atoms. The molecule has 1 N–H and O–H groups in total. The quantitative estimate of drug-likeness (QED) is 0.755. The Morgan fingerprint density at radius 3 is 2.74 bits per heavy atom. The van der Waals surface area contributed by atoms with E-state index >= 15 is 0 Å². The molecule has 2 heterocycles. The monoisotopic (exact) mass is 368 g/mol. The number of aromatic nitrogens is 1. The summed E-state index contributed by atoms with van der Waals surface area (Å²) < 4.78 is 20.2. The van der Waals surface area contributed by atoms with Gasteiger partial charge in [0.2, 0.25) is 0 Å². The number of methoxy groups -OCH3 is 1. The van der Waals surface area contributed by atoms with Crippen molar-refractivity contribution in [3.63, 3.8) is 0 Å². The number of aryl methyl sites for hydroxylation is 1. The van der Waals surface area contributed by atoms with Crippen LogP contribution >= 0.6 is 0 Å². The van der Waals surface area contributed by atoms with Crippen molar-refractivity contribution in [2.75, 3.05) is 18.6 Å². The topological polar surface area (TPSA) is 71.8 Å². The number of para-hydroxylation sites is 1. The highest BCUT2D eigenvalue weighted by molar-refractivity contribution is 6.11. The maximum atomic E-state index is 14.0. The second-order valence-electron chi connectivity index (χ2n) is 6.43. The van der Waals surface area contributed by atoms with Crippen LogP contribution in [0.5, 0.6) is 11.5 Å². The average Bonchev–Trinajstić information content (AvgIpc) is 3.10. The van der Waals surface area contributed by atoms with E-state index < -0.39 is 23.0 Å². The van der Waals surface area contributed by atoms with E-state index in [1.165, 1.54) is 25.1 Å². The lowest BCUT2D eigenvalue weighted by molar-refractivity contribution is 0.0985. The second-order valence-corrected chi connectivity index (χ2v) is 6.43. The Balaban J connectivity index is 1.93. The van der Waals surface area contributed by atoms with Crippen LogP contribution in [0, 0.1) is 5.82 Å². The first-order chi connectivity index (χ1) is 12.9. The molecule has 0 aliphatic carbocycles. The van der Waals surface area contributed by atoms with Gasteiger partial charge < -0.3 is 19.3 Å². The minimum absolute atomic E-state index is 0.0821. The molecule has 0 radical (unpaired) electrons. The first kappa shape index (κ1) is 17.1. The number of fused-ring (bicyclic) bond motifs is 2. The summed E-state index contributed by atoms with van der Waals surface area (Å²) in [5.41, 5.74) is 0.885. The standard InChI is InChI=1S/C20H17FN2O4/c1-22-15-10-13(21)16(27-2)9-12(15)18(24)17(19(22)25)20(26)23-8-7-11-5-3-4-6-14(11)23/h3-6,9-10,24H,7-8H2,1-2H3. The predicted octanol–water partition coefficient (Wildman–Crippen LogP) is 2.59. The van der Waals surface area contributed by atoms with Gasteiger partial charge in [-0.15, -0.1) is 0 Å². The van der Waals surface area contributed by atoms with Crippen LogP contribution in [-0.4, -0.2) is 29.2 Å². The van der Waals surface area contributed by atoms with E-state index in [1.54, 1.807) is 6.07 Å². The van der Waals surface area contributed by atoms with Gasteiger partial charge in [-0.3, -0.25) is 9.59 Å². The predicted molar refractivity (Wildman–Crippen MR) is 99.2 cm³/mol. The van der Waals surface area contributed by atoms with Crippen LogP contribution in [-0.2, 0) is 13.5 Å². The molecule has 0 spiro atoms. The third-order valence-corrected chi connectivity index (χ3v) is 4.99. The number of ether oxygens (including phenoxy) is 1. The van der Waals surface area contributed by atoms with Crippen LogP contribution in [0.3, 0.4) is 0 Å². The number of benzene rings is 2. The highest BCUT2D eigenvalue weighted by atomic mass is 19.1. The first-order valence-electron chi connectivity index (χ1n) is 8.43. The molecule has 1 aliphatic rings. The molecule has 27 heavy (non-hydrogen) atoms. The summed E-state index contributed by atoms with van der Waals surface area (Å²) in [6.07, 6.45) is 0.676. The largest absolute Gasteiger partial charge is 0.506 e. The molecule has 0 atom stereocenters. The van der Waals surface area contributed by atoms with Gasteiger partial charge in [0.1, 0.15) is 11.3 Å². The van der Waals surface area contributed by atoms with E-state index in [0.717, 1.165) is 21.9 Å². The lowest BCUT2D eigenvalue weighted by atomic mass is 10.1. The van der Waals surface area contributed by atoms with Gasteiger partial charge in [0.05, 0.1) is 12.6 Å². The summed E-state index contributed by atoms with van der Waals surface area (Å²) in [4.78, 5) is 27.4. The molecular formula is C20H17FN2O4. The molecule has 6 nitrogen and oxygen atoms in total. The summed E-state index contributed by atoms with van der Waals surface area (Å²) in [5.74, 6) is -1.79. The third kappa shape index (κ3) is 2.46. The molecule has 1 aliphatic heterocycles. The number of anilines is 1. The van der Waals surface area contributed by atoms with Gasteiger partial charge in [-0.1, -0.05) is 18.2 Å². The number of nitrogens with zero attached hydrogens (tertiary/aromatic N) is 2. The molecule has 0 saturated carbocycles. The maximum absolute atomic E-state index is 14.0. The van der Waals surface area contributed by atoms with Crippen molar-refractivity contribution in [2.45, 2.75) is 6.42 Å². The molecule has 0 fully saturated rings. The van der Waals surface area contributed by atoms with Gasteiger partial charge in [0.15, 0.2) is 11.6 Å². The van der Waals surface area contributed by atoms with Crippen molar-refractivity contribution < 1.29 is 19.0 Å². The van der Waals surface area contributed by atoms with E-state index in [-0.39, 0.29) is 22.2 Å². The highest BCUT2D eigenvalue weighted by Crippen LogP contribution is 2.34. The van der Waals surface area contributed by atoms with Gasteiger partial charge in [0, 0.05) is 30.7 Å². The van der Waals surface area contributed by atoms with E-state index in [2.05, 4.69) is 0 Å². The number of carbonyl (C=O) groups is 1. The normalized spacial score (nSPS) is 13.1. The van der Waals surface area contributed by atoms with Crippen LogP contribution in [0.2, 0.25) is 0 Å². The van der Waals surface area contributed by atoms with Crippen LogP contribution in [0.1, 0.15) is 15.9 Å². The van der Waals surface area contributed by atoms with Gasteiger partial charge in [-0.25, -0.2) is 4.39 Å². The molecule has 2 aromatic carbocycles. The van der Waals surface area contributed by atoms with E-state index in [0.29, 0.717) is 13.0 Å². The Morgan fingerprint density at radius 1 is 1.26 bits per heavy atom. The molecule has 138 valence electrons. The van der Waals surface area contributed by atoms with Crippen molar-refractivity contribution in [3.8, 4) is 11.5 Å². The number of aromatic hydroxyl groups is 1. The molecule has 1 aromatic heterocycles. The summed E-state index contributed by atoms with van der Waals surface area (Å²) in [7, 11) is 2.74. The molecule has 0 saturated heterocycles. The first-order valence-corrected chi connectivity index (χ1v) is 8.43. The van der Waals surface area contributed by atoms with Crippen LogP contribution in [0.15, 0.2) is 41.2 Å².